The minimum absolute atomic E-state index is 0.0282. The van der Waals surface area contributed by atoms with Crippen molar-refractivity contribution in [2.45, 2.75) is 29.2 Å². The van der Waals surface area contributed by atoms with Crippen molar-refractivity contribution in [1.29, 1.82) is 0 Å². The Kier molecular flexibility index (Phi) is 4.85. The zero-order valence-corrected chi connectivity index (χ0v) is 13.5. The van der Waals surface area contributed by atoms with Crippen molar-refractivity contribution in [3.05, 3.63) is 24.0 Å². The SMILES string of the molecule is CC(C)(CCl)NS(=O)(=O)c1cc(S(C)(=O)=O)ccc1F. The molecule has 1 aromatic rings. The van der Waals surface area contributed by atoms with Gasteiger partial charge in [0.15, 0.2) is 9.84 Å². The van der Waals surface area contributed by atoms with Crippen molar-refractivity contribution in [2.75, 3.05) is 12.1 Å². The Morgan fingerprint density at radius 2 is 1.80 bits per heavy atom. The summed E-state index contributed by atoms with van der Waals surface area (Å²) < 4.78 is 62.9. The van der Waals surface area contributed by atoms with E-state index in [1.165, 1.54) is 13.8 Å². The monoisotopic (exact) mass is 343 g/mol. The van der Waals surface area contributed by atoms with Crippen LogP contribution in [-0.2, 0) is 19.9 Å². The molecule has 0 unspecified atom stereocenters. The van der Waals surface area contributed by atoms with Crippen LogP contribution in [0.4, 0.5) is 4.39 Å². The summed E-state index contributed by atoms with van der Waals surface area (Å²) in [4.78, 5) is -0.999. The van der Waals surface area contributed by atoms with E-state index in [2.05, 4.69) is 4.72 Å². The number of hydrogen-bond donors (Lipinski definition) is 1. The average Bonchev–Trinajstić information content (AvgIpc) is 2.26. The summed E-state index contributed by atoms with van der Waals surface area (Å²) >= 11 is 5.61. The molecule has 0 spiro atoms. The Hall–Kier alpha value is -0.700. The summed E-state index contributed by atoms with van der Waals surface area (Å²) in [7, 11) is -7.85. The molecular formula is C11H15ClFNO4S2. The topological polar surface area (TPSA) is 80.3 Å². The Bertz CT molecular complexity index is 714. The first-order valence-electron chi connectivity index (χ1n) is 5.49. The highest BCUT2D eigenvalue weighted by Crippen LogP contribution is 2.21. The van der Waals surface area contributed by atoms with Crippen LogP contribution >= 0.6 is 11.6 Å². The van der Waals surface area contributed by atoms with Gasteiger partial charge in [-0.3, -0.25) is 0 Å². The molecular weight excluding hydrogens is 329 g/mol. The number of rotatable bonds is 5. The van der Waals surface area contributed by atoms with Crippen LogP contribution in [0.15, 0.2) is 28.0 Å². The fourth-order valence-corrected chi connectivity index (χ4v) is 3.75. The lowest BCUT2D eigenvalue weighted by Gasteiger charge is -2.23. The first-order valence-corrected chi connectivity index (χ1v) is 9.39. The smallest absolute Gasteiger partial charge is 0.224 e. The third-order valence-corrected chi connectivity index (χ3v) is 5.86. The standard InChI is InChI=1S/C11H15ClFNO4S2/c1-11(2,7-12)14-20(17,18)10-6-8(19(3,15)16)4-5-9(10)13/h4-6,14H,7H2,1-3H3. The lowest BCUT2D eigenvalue weighted by Crippen LogP contribution is -2.45. The van der Waals surface area contributed by atoms with Gasteiger partial charge in [-0.25, -0.2) is 25.9 Å². The molecule has 5 nitrogen and oxygen atoms in total. The zero-order valence-electron chi connectivity index (χ0n) is 11.1. The zero-order chi connectivity index (χ0) is 15.8. The van der Waals surface area contributed by atoms with Crippen LogP contribution in [0.5, 0.6) is 0 Å². The molecule has 0 amide bonds. The molecule has 9 heteroatoms. The van der Waals surface area contributed by atoms with Crippen LogP contribution in [0.1, 0.15) is 13.8 Å². The summed E-state index contributed by atoms with van der Waals surface area (Å²) in [6.45, 7) is 3.05. The van der Waals surface area contributed by atoms with Gasteiger partial charge in [-0.05, 0) is 32.0 Å². The van der Waals surface area contributed by atoms with Crippen molar-refractivity contribution in [3.63, 3.8) is 0 Å². The van der Waals surface area contributed by atoms with Gasteiger partial charge in [-0.15, -0.1) is 11.6 Å². The number of nitrogens with one attached hydrogen (secondary N) is 1. The molecule has 0 atom stereocenters. The van der Waals surface area contributed by atoms with Gasteiger partial charge in [0.2, 0.25) is 10.0 Å². The van der Waals surface area contributed by atoms with Gasteiger partial charge in [0, 0.05) is 17.7 Å². The number of sulfonamides is 1. The predicted octanol–water partition coefficient (Wildman–Crippen LogP) is 1.52. The molecule has 0 saturated heterocycles. The highest BCUT2D eigenvalue weighted by atomic mass is 35.5. The maximum Gasteiger partial charge on any atom is 0.244 e. The minimum Gasteiger partial charge on any atom is -0.224 e. The van der Waals surface area contributed by atoms with E-state index < -0.39 is 36.1 Å². The third-order valence-electron chi connectivity index (χ3n) is 2.37. The fraction of sp³-hybridized carbons (Fsp3) is 0.455. The molecule has 1 rings (SSSR count). The molecule has 114 valence electrons. The van der Waals surface area contributed by atoms with Gasteiger partial charge in [-0.2, -0.15) is 0 Å². The molecule has 0 fully saturated rings. The van der Waals surface area contributed by atoms with Crippen LogP contribution in [0.2, 0.25) is 0 Å². The number of halogens is 2. The molecule has 0 bridgehead atoms. The minimum atomic E-state index is -4.22. The first-order chi connectivity index (χ1) is 8.89. The van der Waals surface area contributed by atoms with Crippen LogP contribution in [0, 0.1) is 5.82 Å². The molecule has 0 heterocycles. The van der Waals surface area contributed by atoms with E-state index in [1.54, 1.807) is 0 Å². The van der Waals surface area contributed by atoms with Crippen LogP contribution in [-0.4, -0.2) is 34.5 Å². The molecule has 0 aliphatic heterocycles. The van der Waals surface area contributed by atoms with E-state index in [9.17, 15) is 21.2 Å². The lowest BCUT2D eigenvalue weighted by molar-refractivity contribution is 0.490. The summed E-state index contributed by atoms with van der Waals surface area (Å²) in [6.07, 6.45) is 0.909. The molecule has 20 heavy (non-hydrogen) atoms. The Morgan fingerprint density at radius 3 is 2.25 bits per heavy atom. The second-order valence-electron chi connectivity index (χ2n) is 4.99. The molecule has 1 aromatic carbocycles. The molecule has 0 aromatic heterocycles. The van der Waals surface area contributed by atoms with Crippen LogP contribution in [0.25, 0.3) is 0 Å². The maximum atomic E-state index is 13.7. The van der Waals surface area contributed by atoms with Gasteiger partial charge < -0.3 is 0 Å². The first kappa shape index (κ1) is 17.4. The van der Waals surface area contributed by atoms with Gasteiger partial charge >= 0.3 is 0 Å². The summed E-state index contributed by atoms with van der Waals surface area (Å²) in [5, 5.41) is 0. The normalized spacial score (nSPS) is 13.4. The highest BCUT2D eigenvalue weighted by molar-refractivity contribution is 7.91. The van der Waals surface area contributed by atoms with E-state index in [-0.39, 0.29) is 10.8 Å². The van der Waals surface area contributed by atoms with E-state index in [0.29, 0.717) is 0 Å². The maximum absolute atomic E-state index is 13.7. The van der Waals surface area contributed by atoms with E-state index >= 15 is 0 Å². The lowest BCUT2D eigenvalue weighted by atomic mass is 10.1. The van der Waals surface area contributed by atoms with Gasteiger partial charge in [0.1, 0.15) is 10.7 Å². The van der Waals surface area contributed by atoms with Crippen molar-refractivity contribution in [1.82, 2.24) is 4.72 Å². The van der Waals surface area contributed by atoms with E-state index in [4.69, 9.17) is 11.6 Å². The van der Waals surface area contributed by atoms with Gasteiger partial charge in [-0.1, -0.05) is 0 Å². The molecule has 0 aliphatic rings. The number of sulfone groups is 1. The number of benzene rings is 1. The summed E-state index contributed by atoms with van der Waals surface area (Å²) in [6, 6.07) is 2.60. The van der Waals surface area contributed by atoms with Gasteiger partial charge in [0.05, 0.1) is 4.90 Å². The van der Waals surface area contributed by atoms with Crippen molar-refractivity contribution >= 4 is 31.5 Å². The second-order valence-corrected chi connectivity index (χ2v) is 8.92. The third kappa shape index (κ3) is 4.15. The van der Waals surface area contributed by atoms with Crippen LogP contribution in [0.3, 0.4) is 0 Å². The summed E-state index contributed by atoms with van der Waals surface area (Å²) in [5.74, 6) is -1.06. The molecule has 0 radical (unpaired) electrons. The average molecular weight is 344 g/mol. The van der Waals surface area contributed by atoms with E-state index in [1.807, 2.05) is 0 Å². The highest BCUT2D eigenvalue weighted by Gasteiger charge is 2.28. The summed E-state index contributed by atoms with van der Waals surface area (Å²) in [5.41, 5.74) is -0.992. The van der Waals surface area contributed by atoms with Crippen LogP contribution < -0.4 is 4.72 Å². The Labute approximate surface area is 123 Å². The molecule has 0 saturated carbocycles. The fourth-order valence-electron chi connectivity index (χ4n) is 1.37. The Balaban J connectivity index is 3.39. The van der Waals surface area contributed by atoms with Crippen molar-refractivity contribution in [2.24, 2.45) is 0 Å². The van der Waals surface area contributed by atoms with E-state index in [0.717, 1.165) is 24.5 Å². The Morgan fingerprint density at radius 1 is 1.25 bits per heavy atom. The van der Waals surface area contributed by atoms with Gasteiger partial charge in [0.25, 0.3) is 0 Å². The van der Waals surface area contributed by atoms with Crippen molar-refractivity contribution in [3.8, 4) is 0 Å². The van der Waals surface area contributed by atoms with Crippen molar-refractivity contribution < 1.29 is 21.2 Å². The second kappa shape index (κ2) is 5.59. The number of hydrogen-bond acceptors (Lipinski definition) is 4. The number of alkyl halides is 1. The quantitative estimate of drug-likeness (QED) is 0.649. The predicted molar refractivity (Wildman–Crippen MR) is 74.6 cm³/mol. The largest absolute Gasteiger partial charge is 0.244 e. The molecule has 1 N–H and O–H groups in total. The molecule has 0 aliphatic carbocycles.